The first-order chi connectivity index (χ1) is 10.6. The molecular weight excluding hydrogens is 276 g/mol. The SMILES string of the molecule is NC(=O)NC(=O)C=Cc1c2ccccc2cc2ccccc12. The monoisotopic (exact) mass is 290 g/mol. The highest BCUT2D eigenvalue weighted by Crippen LogP contribution is 2.29. The number of primary amides is 1. The highest BCUT2D eigenvalue weighted by Gasteiger charge is 2.05. The second kappa shape index (κ2) is 5.69. The lowest BCUT2D eigenvalue weighted by molar-refractivity contribution is -0.115. The molecule has 0 saturated carbocycles. The lowest BCUT2D eigenvalue weighted by atomic mass is 9.96. The minimum atomic E-state index is -0.863. The molecule has 0 radical (unpaired) electrons. The third-order valence-electron chi connectivity index (χ3n) is 3.46. The fraction of sp³-hybridized carbons (Fsp3) is 0. The van der Waals surface area contributed by atoms with E-state index < -0.39 is 11.9 Å². The van der Waals surface area contributed by atoms with E-state index >= 15 is 0 Å². The third kappa shape index (κ3) is 2.67. The number of carbonyl (C=O) groups is 2. The van der Waals surface area contributed by atoms with Crippen LogP contribution in [0.25, 0.3) is 27.6 Å². The molecule has 3 aromatic rings. The molecule has 0 atom stereocenters. The number of hydrogen-bond acceptors (Lipinski definition) is 2. The number of urea groups is 1. The van der Waals surface area contributed by atoms with Crippen LogP contribution in [-0.4, -0.2) is 11.9 Å². The standard InChI is InChI=1S/C18H14N2O2/c19-18(22)20-17(21)10-9-16-14-7-3-1-5-12(14)11-13-6-2-4-8-15(13)16/h1-11H,(H3,19,20,21,22). The first-order valence-corrected chi connectivity index (χ1v) is 6.84. The van der Waals surface area contributed by atoms with E-state index in [0.717, 1.165) is 27.1 Å². The molecule has 0 unspecified atom stereocenters. The first-order valence-electron chi connectivity index (χ1n) is 6.84. The Hall–Kier alpha value is -3.14. The molecule has 0 aromatic heterocycles. The Bertz CT molecular complexity index is 859. The number of carbonyl (C=O) groups excluding carboxylic acids is 2. The Balaban J connectivity index is 2.18. The van der Waals surface area contributed by atoms with Gasteiger partial charge in [-0.3, -0.25) is 10.1 Å². The number of hydrogen-bond donors (Lipinski definition) is 2. The zero-order chi connectivity index (χ0) is 15.5. The predicted molar refractivity (Wildman–Crippen MR) is 88.2 cm³/mol. The predicted octanol–water partition coefficient (Wildman–Crippen LogP) is 3.20. The smallest absolute Gasteiger partial charge is 0.319 e. The van der Waals surface area contributed by atoms with Crippen LogP contribution in [0.2, 0.25) is 0 Å². The number of amides is 3. The summed E-state index contributed by atoms with van der Waals surface area (Å²) in [6, 6.07) is 17.2. The van der Waals surface area contributed by atoms with Gasteiger partial charge in [-0.15, -0.1) is 0 Å². The van der Waals surface area contributed by atoms with Crippen molar-refractivity contribution in [1.29, 1.82) is 0 Å². The molecule has 3 amide bonds. The van der Waals surface area contributed by atoms with Gasteiger partial charge in [0, 0.05) is 6.08 Å². The summed E-state index contributed by atoms with van der Waals surface area (Å²) in [7, 11) is 0. The molecular formula is C18H14N2O2. The molecule has 4 nitrogen and oxygen atoms in total. The van der Waals surface area contributed by atoms with Crippen LogP contribution >= 0.6 is 0 Å². The summed E-state index contributed by atoms with van der Waals surface area (Å²) in [5, 5.41) is 6.30. The number of nitrogens with two attached hydrogens (primary N) is 1. The van der Waals surface area contributed by atoms with Gasteiger partial charge < -0.3 is 5.73 Å². The van der Waals surface area contributed by atoms with E-state index in [9.17, 15) is 9.59 Å². The van der Waals surface area contributed by atoms with Crippen molar-refractivity contribution in [1.82, 2.24) is 5.32 Å². The number of imide groups is 1. The lowest BCUT2D eigenvalue weighted by Crippen LogP contribution is -2.33. The van der Waals surface area contributed by atoms with Crippen LogP contribution in [0, 0.1) is 0 Å². The summed E-state index contributed by atoms with van der Waals surface area (Å²) >= 11 is 0. The molecule has 0 spiro atoms. The van der Waals surface area contributed by atoms with E-state index in [1.54, 1.807) is 6.08 Å². The largest absolute Gasteiger partial charge is 0.351 e. The molecule has 0 aliphatic rings. The van der Waals surface area contributed by atoms with Crippen molar-refractivity contribution in [3.05, 3.63) is 66.2 Å². The second-order valence-electron chi connectivity index (χ2n) is 4.92. The second-order valence-corrected chi connectivity index (χ2v) is 4.92. The Morgan fingerprint density at radius 1 is 0.909 bits per heavy atom. The average molecular weight is 290 g/mol. The topological polar surface area (TPSA) is 72.2 Å². The summed E-state index contributed by atoms with van der Waals surface area (Å²) < 4.78 is 0. The van der Waals surface area contributed by atoms with Gasteiger partial charge >= 0.3 is 6.03 Å². The maximum atomic E-state index is 11.6. The Morgan fingerprint density at radius 2 is 1.45 bits per heavy atom. The van der Waals surface area contributed by atoms with E-state index in [1.807, 2.05) is 53.8 Å². The van der Waals surface area contributed by atoms with Crippen LogP contribution in [0.4, 0.5) is 4.79 Å². The van der Waals surface area contributed by atoms with Gasteiger partial charge in [0.25, 0.3) is 5.91 Å². The van der Waals surface area contributed by atoms with Crippen LogP contribution in [0.5, 0.6) is 0 Å². The fourth-order valence-corrected chi connectivity index (χ4v) is 2.55. The van der Waals surface area contributed by atoms with Gasteiger partial charge in [0.1, 0.15) is 0 Å². The number of rotatable bonds is 2. The quantitative estimate of drug-likeness (QED) is 0.562. The van der Waals surface area contributed by atoms with Gasteiger partial charge in [0.05, 0.1) is 0 Å². The minimum Gasteiger partial charge on any atom is -0.351 e. The Labute approximate surface area is 127 Å². The molecule has 22 heavy (non-hydrogen) atoms. The summed E-state index contributed by atoms with van der Waals surface area (Å²) in [5.74, 6) is -0.537. The van der Waals surface area contributed by atoms with E-state index in [4.69, 9.17) is 5.73 Å². The zero-order valence-corrected chi connectivity index (χ0v) is 11.7. The van der Waals surface area contributed by atoms with Crippen molar-refractivity contribution in [2.24, 2.45) is 5.73 Å². The minimum absolute atomic E-state index is 0.537. The average Bonchev–Trinajstić information content (AvgIpc) is 2.50. The zero-order valence-electron chi connectivity index (χ0n) is 11.7. The Morgan fingerprint density at radius 3 is 2.00 bits per heavy atom. The number of nitrogens with one attached hydrogen (secondary N) is 1. The maximum Gasteiger partial charge on any atom is 0.319 e. The van der Waals surface area contributed by atoms with Crippen LogP contribution in [0.1, 0.15) is 5.56 Å². The molecule has 0 aliphatic heterocycles. The van der Waals surface area contributed by atoms with Crippen LogP contribution in [0.3, 0.4) is 0 Å². The van der Waals surface area contributed by atoms with Gasteiger partial charge in [-0.2, -0.15) is 0 Å². The Kier molecular flexibility index (Phi) is 3.58. The van der Waals surface area contributed by atoms with Crippen molar-refractivity contribution in [3.63, 3.8) is 0 Å². The van der Waals surface area contributed by atoms with Crippen molar-refractivity contribution in [3.8, 4) is 0 Å². The molecule has 3 rings (SSSR count). The molecule has 0 bridgehead atoms. The van der Waals surface area contributed by atoms with Crippen molar-refractivity contribution >= 4 is 39.6 Å². The summed E-state index contributed by atoms with van der Waals surface area (Å²) in [6.45, 7) is 0. The highest BCUT2D eigenvalue weighted by atomic mass is 16.2. The molecule has 0 heterocycles. The van der Waals surface area contributed by atoms with E-state index in [2.05, 4.69) is 6.07 Å². The van der Waals surface area contributed by atoms with Crippen molar-refractivity contribution < 1.29 is 9.59 Å². The van der Waals surface area contributed by atoms with Crippen molar-refractivity contribution in [2.45, 2.75) is 0 Å². The summed E-state index contributed by atoms with van der Waals surface area (Å²) in [6.07, 6.45) is 3.03. The molecule has 4 heteroatoms. The van der Waals surface area contributed by atoms with Crippen LogP contribution < -0.4 is 11.1 Å². The van der Waals surface area contributed by atoms with Gasteiger partial charge in [-0.25, -0.2) is 4.79 Å². The summed E-state index contributed by atoms with van der Waals surface area (Å²) in [4.78, 5) is 22.3. The maximum absolute atomic E-state index is 11.6. The van der Waals surface area contributed by atoms with Gasteiger partial charge in [0.2, 0.25) is 0 Å². The molecule has 0 saturated heterocycles. The molecule has 108 valence electrons. The fourth-order valence-electron chi connectivity index (χ4n) is 2.55. The van der Waals surface area contributed by atoms with Crippen LogP contribution in [-0.2, 0) is 4.79 Å². The summed E-state index contributed by atoms with van der Waals surface area (Å²) in [5.41, 5.74) is 5.88. The third-order valence-corrected chi connectivity index (χ3v) is 3.46. The molecule has 0 fully saturated rings. The number of fused-ring (bicyclic) bond motifs is 2. The van der Waals surface area contributed by atoms with Crippen molar-refractivity contribution in [2.75, 3.05) is 0 Å². The molecule has 0 aliphatic carbocycles. The number of benzene rings is 3. The van der Waals surface area contributed by atoms with Gasteiger partial charge in [-0.05, 0) is 39.3 Å². The highest BCUT2D eigenvalue weighted by molar-refractivity contribution is 6.09. The molecule has 3 N–H and O–H groups in total. The van der Waals surface area contributed by atoms with Gasteiger partial charge in [-0.1, -0.05) is 48.5 Å². The van der Waals surface area contributed by atoms with E-state index in [1.165, 1.54) is 6.08 Å². The molecule has 3 aromatic carbocycles. The van der Waals surface area contributed by atoms with E-state index in [0.29, 0.717) is 0 Å². The van der Waals surface area contributed by atoms with E-state index in [-0.39, 0.29) is 0 Å². The van der Waals surface area contributed by atoms with Crippen LogP contribution in [0.15, 0.2) is 60.7 Å². The normalized spacial score (nSPS) is 11.1. The first kappa shape index (κ1) is 13.8. The lowest BCUT2D eigenvalue weighted by Gasteiger charge is -2.08. The van der Waals surface area contributed by atoms with Gasteiger partial charge in [0.15, 0.2) is 0 Å².